The summed E-state index contributed by atoms with van der Waals surface area (Å²) in [5.41, 5.74) is 2.87. The molecule has 0 saturated heterocycles. The highest BCUT2D eigenvalue weighted by Gasteiger charge is 2.73. The van der Waals surface area contributed by atoms with Crippen molar-refractivity contribution < 1.29 is 19.4 Å². The molecule has 2 N–H and O–H groups in total. The Morgan fingerprint density at radius 1 is 1.23 bits per heavy atom. The maximum Gasteiger partial charge on any atom is 0.341 e. The lowest BCUT2D eigenvalue weighted by Crippen LogP contribution is -2.54. The molecule has 31 heavy (non-hydrogen) atoms. The lowest BCUT2D eigenvalue weighted by molar-refractivity contribution is -0.0260. The topological polar surface area (TPSA) is 67.8 Å². The number of rotatable bonds is 3. The van der Waals surface area contributed by atoms with Crippen LogP contribution < -0.4 is 10.1 Å². The maximum atomic E-state index is 11.7. The van der Waals surface area contributed by atoms with Gasteiger partial charge in [-0.25, -0.2) is 4.79 Å². The number of methoxy groups -OCH3 is 1. The monoisotopic (exact) mass is 437 g/mol. The first-order valence-corrected chi connectivity index (χ1v) is 11.1. The third-order valence-electron chi connectivity index (χ3n) is 8.48. The van der Waals surface area contributed by atoms with E-state index in [2.05, 4.69) is 36.9 Å². The quantitative estimate of drug-likeness (QED) is 0.508. The highest BCUT2D eigenvalue weighted by atomic mass is 32.1. The van der Waals surface area contributed by atoms with Gasteiger partial charge in [0.25, 0.3) is 0 Å². The molecule has 0 spiro atoms. The van der Waals surface area contributed by atoms with E-state index in [1.54, 1.807) is 6.07 Å². The molecular weight excluding hydrogens is 410 g/mol. The third-order valence-corrected chi connectivity index (χ3v) is 8.82. The van der Waals surface area contributed by atoms with E-state index in [1.807, 2.05) is 12.1 Å². The number of ether oxygens (including phenoxy) is 2. The summed E-state index contributed by atoms with van der Waals surface area (Å²) in [4.78, 5) is 12.2. The highest BCUT2D eigenvalue weighted by molar-refractivity contribution is 7.81. The van der Waals surface area contributed by atoms with Crippen molar-refractivity contribution >= 4 is 28.9 Å². The van der Waals surface area contributed by atoms with Crippen molar-refractivity contribution in [2.24, 2.45) is 11.3 Å². The van der Waals surface area contributed by atoms with Gasteiger partial charge in [0.1, 0.15) is 27.7 Å². The van der Waals surface area contributed by atoms with Gasteiger partial charge in [-0.15, -0.1) is 0 Å². The largest absolute Gasteiger partial charge is 0.507 e. The fraction of sp³-hybridized carbons (Fsp3) is 0.440. The van der Waals surface area contributed by atoms with Crippen LogP contribution in [0, 0.1) is 11.3 Å². The summed E-state index contributed by atoms with van der Waals surface area (Å²) >= 11 is 5.68. The van der Waals surface area contributed by atoms with Crippen LogP contribution in [-0.2, 0) is 10.2 Å². The average Bonchev–Trinajstić information content (AvgIpc) is 3.31. The number of phenols is 1. The predicted octanol–water partition coefficient (Wildman–Crippen LogP) is 5.20. The van der Waals surface area contributed by atoms with Crippen LogP contribution in [-0.4, -0.2) is 28.8 Å². The van der Waals surface area contributed by atoms with Crippen molar-refractivity contribution in [2.45, 2.75) is 51.0 Å². The molecule has 1 heterocycles. The Labute approximate surface area is 187 Å². The number of nitrogens with one attached hydrogen (secondary N) is 1. The molecule has 2 saturated carbocycles. The number of anilines is 1. The van der Waals surface area contributed by atoms with Crippen molar-refractivity contribution in [1.29, 1.82) is 0 Å². The standard InChI is InChI=1S/C25H27NO4S/c1-23-10-9-15(13-23)25(3)24(23,2)18-11-14(5-8-20(18)30-25)21(31)26-16-6-7-17(19(27)12-16)22(28)29-4/h5-8,11-12,15,27H,9-10,13H2,1-4H3,(H,26,31). The molecule has 0 amide bonds. The minimum absolute atomic E-state index is 0.0513. The summed E-state index contributed by atoms with van der Waals surface area (Å²) in [6, 6.07) is 10.9. The Balaban J connectivity index is 1.45. The Kier molecular flexibility index (Phi) is 4.23. The zero-order chi connectivity index (χ0) is 22.2. The lowest BCUT2D eigenvalue weighted by atomic mass is 9.56. The molecule has 1 aliphatic heterocycles. The molecule has 2 aromatic rings. The smallest absolute Gasteiger partial charge is 0.341 e. The number of esters is 1. The molecule has 2 aliphatic carbocycles. The molecule has 2 aromatic carbocycles. The molecule has 5 nitrogen and oxygen atoms in total. The van der Waals surface area contributed by atoms with Crippen molar-refractivity contribution in [3.8, 4) is 11.5 Å². The van der Waals surface area contributed by atoms with Gasteiger partial charge in [0.15, 0.2) is 0 Å². The van der Waals surface area contributed by atoms with Crippen molar-refractivity contribution in [3.05, 3.63) is 53.1 Å². The molecule has 2 bridgehead atoms. The second-order valence-electron chi connectivity index (χ2n) is 9.72. The molecule has 4 atom stereocenters. The van der Waals surface area contributed by atoms with Crippen LogP contribution in [0.3, 0.4) is 0 Å². The summed E-state index contributed by atoms with van der Waals surface area (Å²) in [5.74, 6) is 0.815. The van der Waals surface area contributed by atoms with E-state index < -0.39 is 5.97 Å². The van der Waals surface area contributed by atoms with Gasteiger partial charge in [-0.3, -0.25) is 0 Å². The number of phenolic OH excluding ortho intramolecular Hbond substituents is 1. The number of hydrogen-bond donors (Lipinski definition) is 2. The number of carbonyl (C=O) groups is 1. The third kappa shape index (κ3) is 2.54. The van der Waals surface area contributed by atoms with Gasteiger partial charge >= 0.3 is 5.97 Å². The molecule has 0 radical (unpaired) electrons. The van der Waals surface area contributed by atoms with Crippen LogP contribution in [0.1, 0.15) is 61.5 Å². The molecule has 6 heteroatoms. The molecule has 0 aromatic heterocycles. The molecule has 5 rings (SSSR count). The van der Waals surface area contributed by atoms with E-state index in [4.69, 9.17) is 17.0 Å². The van der Waals surface area contributed by atoms with Crippen LogP contribution in [0.5, 0.6) is 11.5 Å². The lowest BCUT2D eigenvalue weighted by Gasteiger charge is -2.48. The van der Waals surface area contributed by atoms with Crippen LogP contribution in [0.25, 0.3) is 0 Å². The van der Waals surface area contributed by atoms with Gasteiger partial charge in [-0.1, -0.05) is 26.1 Å². The van der Waals surface area contributed by atoms with Gasteiger partial charge in [-0.05, 0) is 67.9 Å². The number of thiocarbonyl (C=S) groups is 1. The molecular formula is C25H27NO4S. The van der Waals surface area contributed by atoms with Crippen molar-refractivity contribution in [2.75, 3.05) is 12.4 Å². The van der Waals surface area contributed by atoms with Crippen molar-refractivity contribution in [1.82, 2.24) is 0 Å². The molecule has 2 fully saturated rings. The average molecular weight is 438 g/mol. The number of aromatic hydroxyl groups is 1. The normalized spacial score (nSPS) is 32.2. The number of fused-ring (bicyclic) bond motifs is 7. The van der Waals surface area contributed by atoms with Crippen LogP contribution in [0.4, 0.5) is 5.69 Å². The SMILES string of the molecule is COC(=O)c1ccc(NC(=S)c2ccc3c(c2)C2(C)C4(C)CCC(C4)C2(C)O3)cc1O. The van der Waals surface area contributed by atoms with E-state index in [9.17, 15) is 9.90 Å². The fourth-order valence-electron chi connectivity index (χ4n) is 6.43. The first-order valence-electron chi connectivity index (χ1n) is 10.7. The fourth-order valence-corrected chi connectivity index (χ4v) is 6.67. The van der Waals surface area contributed by atoms with Gasteiger partial charge in [0, 0.05) is 28.3 Å². The maximum absolute atomic E-state index is 11.7. The molecule has 162 valence electrons. The van der Waals surface area contributed by atoms with Crippen molar-refractivity contribution in [3.63, 3.8) is 0 Å². The van der Waals surface area contributed by atoms with E-state index in [1.165, 1.54) is 44.1 Å². The second-order valence-corrected chi connectivity index (χ2v) is 10.1. The Bertz CT molecular complexity index is 1130. The predicted molar refractivity (Wildman–Crippen MR) is 123 cm³/mol. The van der Waals surface area contributed by atoms with E-state index >= 15 is 0 Å². The molecule has 3 aliphatic rings. The van der Waals surface area contributed by atoms with Gasteiger partial charge in [-0.2, -0.15) is 0 Å². The minimum Gasteiger partial charge on any atom is -0.507 e. The minimum atomic E-state index is -0.583. The first-order chi connectivity index (χ1) is 14.6. The van der Waals surface area contributed by atoms with E-state index in [0.29, 0.717) is 16.6 Å². The van der Waals surface area contributed by atoms with E-state index in [-0.39, 0.29) is 27.7 Å². The summed E-state index contributed by atoms with van der Waals surface area (Å²) in [7, 11) is 1.28. The summed E-state index contributed by atoms with van der Waals surface area (Å²) in [5, 5.41) is 13.3. The van der Waals surface area contributed by atoms with E-state index in [0.717, 1.165) is 11.3 Å². The number of benzene rings is 2. The number of hydrogen-bond acceptors (Lipinski definition) is 5. The van der Waals surface area contributed by atoms with Gasteiger partial charge < -0.3 is 19.9 Å². The molecule has 4 unspecified atom stereocenters. The summed E-state index contributed by atoms with van der Waals surface area (Å²) < 4.78 is 11.3. The summed E-state index contributed by atoms with van der Waals surface area (Å²) in [6.07, 6.45) is 3.66. The first kappa shape index (κ1) is 20.3. The Morgan fingerprint density at radius 2 is 2.00 bits per heavy atom. The second kappa shape index (κ2) is 6.45. The zero-order valence-electron chi connectivity index (χ0n) is 18.2. The number of carbonyl (C=O) groups excluding carboxylic acids is 1. The van der Waals surface area contributed by atoms with Gasteiger partial charge in [0.05, 0.1) is 7.11 Å². The zero-order valence-corrected chi connectivity index (χ0v) is 19.1. The van der Waals surface area contributed by atoms with Gasteiger partial charge in [0.2, 0.25) is 0 Å². The van der Waals surface area contributed by atoms with Crippen LogP contribution >= 0.6 is 12.2 Å². The van der Waals surface area contributed by atoms with Crippen LogP contribution in [0.15, 0.2) is 36.4 Å². The van der Waals surface area contributed by atoms with Crippen LogP contribution in [0.2, 0.25) is 0 Å². The highest BCUT2D eigenvalue weighted by Crippen LogP contribution is 2.73. The Morgan fingerprint density at radius 3 is 2.71 bits per heavy atom. The Hall–Kier alpha value is -2.60. The summed E-state index contributed by atoms with van der Waals surface area (Å²) in [6.45, 7) is 7.05.